The lowest BCUT2D eigenvalue weighted by molar-refractivity contribution is 0.405. The summed E-state index contributed by atoms with van der Waals surface area (Å²) in [6.07, 6.45) is 0. The standard InChI is InChI=1S/3H3N.HO3P.3H2O/c;;;1-4(2)3;;;/h3*1H3;(H-,1,2,3);3*1H2/p+1. The van der Waals surface area contributed by atoms with Crippen molar-refractivity contribution >= 4 is 8.25 Å². The SMILES string of the molecule is N.N.N.O.O.O.O=[P+](O)O. The molecule has 10 heavy (non-hydrogen) atoms. The van der Waals surface area contributed by atoms with Crippen molar-refractivity contribution in [2.45, 2.75) is 0 Å². The predicted octanol–water partition coefficient (Wildman–Crippen LogP) is -2.36. The second kappa shape index (κ2) is 68.8. The molecule has 0 rings (SSSR count). The van der Waals surface area contributed by atoms with Crippen molar-refractivity contribution in [3.05, 3.63) is 0 Å². The minimum atomic E-state index is -2.87. The Bertz CT molecular complexity index is 36.0. The van der Waals surface area contributed by atoms with Crippen LogP contribution in [0.15, 0.2) is 0 Å². The van der Waals surface area contributed by atoms with Crippen LogP contribution < -0.4 is 18.5 Å². The van der Waals surface area contributed by atoms with Gasteiger partial charge in [0.1, 0.15) is 0 Å². The van der Waals surface area contributed by atoms with E-state index in [1.807, 2.05) is 0 Å². The Kier molecular flexibility index (Phi) is 671. The van der Waals surface area contributed by atoms with Crippen LogP contribution in [0.1, 0.15) is 0 Å². The van der Waals surface area contributed by atoms with E-state index in [4.69, 9.17) is 14.4 Å². The molecular weight excluding hydrogens is 169 g/mol. The van der Waals surface area contributed by atoms with Crippen molar-refractivity contribution in [2.75, 3.05) is 0 Å². The molecule has 0 bridgehead atoms. The molecule has 0 amide bonds. The highest BCUT2D eigenvalue weighted by atomic mass is 31.1. The molecule has 10 heteroatoms. The van der Waals surface area contributed by atoms with Gasteiger partial charge in [0.05, 0.1) is 0 Å². The van der Waals surface area contributed by atoms with Crippen molar-refractivity contribution in [3.63, 3.8) is 0 Å². The van der Waals surface area contributed by atoms with E-state index in [1.165, 1.54) is 0 Å². The summed E-state index contributed by atoms with van der Waals surface area (Å²) in [5, 5.41) is 0. The summed E-state index contributed by atoms with van der Waals surface area (Å²) in [7, 11) is -2.87. The number of hydrogen-bond acceptors (Lipinski definition) is 4. The fourth-order valence-corrected chi connectivity index (χ4v) is 0. The summed E-state index contributed by atoms with van der Waals surface area (Å²) in [5.74, 6) is 0. The topological polar surface area (TPSA) is 257 Å². The van der Waals surface area contributed by atoms with Crippen LogP contribution in [0.5, 0.6) is 0 Å². The number of rotatable bonds is 0. The lowest BCUT2D eigenvalue weighted by Crippen LogP contribution is -1.38. The van der Waals surface area contributed by atoms with Crippen molar-refractivity contribution in [3.8, 4) is 0 Å². The van der Waals surface area contributed by atoms with E-state index in [0.717, 1.165) is 0 Å². The molecule has 0 spiro atoms. The second-order valence-corrected chi connectivity index (χ2v) is 0.758. The Balaban J connectivity index is -0.00000000300. The Morgan fingerprint density at radius 1 is 0.800 bits per heavy atom. The lowest BCUT2D eigenvalue weighted by atomic mass is 14.0. The zero-order valence-corrected chi connectivity index (χ0v) is 6.27. The molecular formula is H17N3O6P+. The summed E-state index contributed by atoms with van der Waals surface area (Å²) >= 11 is 0. The molecule has 72 valence electrons. The summed E-state index contributed by atoms with van der Waals surface area (Å²) in [6, 6.07) is 0. The van der Waals surface area contributed by atoms with Gasteiger partial charge < -0.3 is 34.9 Å². The van der Waals surface area contributed by atoms with Crippen LogP contribution in [-0.2, 0) is 4.57 Å². The Hall–Kier alpha value is -0.220. The molecule has 0 heterocycles. The van der Waals surface area contributed by atoms with Gasteiger partial charge in [-0.2, -0.15) is 0 Å². The first kappa shape index (κ1) is 97.6. The maximum Gasteiger partial charge on any atom is 0.692 e. The normalized spacial score (nSPS) is 2.60. The average Bonchev–Trinajstić information content (AvgIpc) is 0.811. The largest absolute Gasteiger partial charge is 0.692 e. The van der Waals surface area contributed by atoms with Gasteiger partial charge >= 0.3 is 8.25 Å². The van der Waals surface area contributed by atoms with Gasteiger partial charge in [-0.15, -0.1) is 9.79 Å². The van der Waals surface area contributed by atoms with Gasteiger partial charge in [-0.1, -0.05) is 0 Å². The first-order valence-corrected chi connectivity index (χ1v) is 1.75. The summed E-state index contributed by atoms with van der Waals surface area (Å²) < 4.78 is 8.70. The van der Waals surface area contributed by atoms with E-state index in [2.05, 4.69) is 0 Å². The number of hydrogen-bond donors (Lipinski definition) is 5. The first-order chi connectivity index (χ1) is 1.73. The minimum absolute atomic E-state index is 0. The first-order valence-electron chi connectivity index (χ1n) is 0.583. The van der Waals surface area contributed by atoms with Crippen molar-refractivity contribution in [1.82, 2.24) is 18.5 Å². The molecule has 0 fully saturated rings. The average molecular weight is 186 g/mol. The molecule has 0 saturated carbocycles. The molecule has 0 aromatic rings. The van der Waals surface area contributed by atoms with E-state index < -0.39 is 8.25 Å². The van der Waals surface area contributed by atoms with Crippen LogP contribution >= 0.6 is 8.25 Å². The third-order valence-electron chi connectivity index (χ3n) is 0. The maximum atomic E-state index is 8.70. The van der Waals surface area contributed by atoms with Crippen LogP contribution in [0.3, 0.4) is 0 Å². The molecule has 0 unspecified atom stereocenters. The van der Waals surface area contributed by atoms with Crippen molar-refractivity contribution in [2.24, 2.45) is 0 Å². The molecule has 0 radical (unpaired) electrons. The molecule has 0 aromatic heterocycles. The molecule has 0 saturated heterocycles. The zero-order chi connectivity index (χ0) is 3.58. The monoisotopic (exact) mass is 186 g/mol. The summed E-state index contributed by atoms with van der Waals surface area (Å²) in [6.45, 7) is 0. The fourth-order valence-electron chi connectivity index (χ4n) is 0. The molecule has 0 aliphatic rings. The Morgan fingerprint density at radius 3 is 0.800 bits per heavy atom. The highest BCUT2D eigenvalue weighted by Crippen LogP contribution is 1.98. The summed E-state index contributed by atoms with van der Waals surface area (Å²) in [4.78, 5) is 14.2. The fraction of sp³-hybridized carbons (Fsp3) is 0. The van der Waals surface area contributed by atoms with Crippen LogP contribution in [0.2, 0.25) is 0 Å². The third kappa shape index (κ3) is 7390. The molecule has 0 aliphatic heterocycles. The minimum Gasteiger partial charge on any atom is -0.412 e. The Labute approximate surface area is 58.7 Å². The van der Waals surface area contributed by atoms with Crippen LogP contribution in [0.25, 0.3) is 0 Å². The van der Waals surface area contributed by atoms with Gasteiger partial charge in [-0.3, -0.25) is 0 Å². The quantitative estimate of drug-likeness (QED) is 0.258. The molecule has 17 N–H and O–H groups in total. The smallest absolute Gasteiger partial charge is 0.412 e. The van der Waals surface area contributed by atoms with E-state index in [0.29, 0.717) is 0 Å². The maximum absolute atomic E-state index is 8.70. The lowest BCUT2D eigenvalue weighted by Gasteiger charge is -1.34. The molecule has 0 aromatic carbocycles. The molecule has 0 aliphatic carbocycles. The Morgan fingerprint density at radius 2 is 0.800 bits per heavy atom. The van der Waals surface area contributed by atoms with Gasteiger partial charge in [-0.25, -0.2) is 0 Å². The van der Waals surface area contributed by atoms with Crippen molar-refractivity contribution in [1.29, 1.82) is 0 Å². The van der Waals surface area contributed by atoms with Crippen LogP contribution in [0, 0.1) is 0 Å². The summed E-state index contributed by atoms with van der Waals surface area (Å²) in [5.41, 5.74) is 0. The van der Waals surface area contributed by atoms with Gasteiger partial charge in [0.15, 0.2) is 0 Å². The highest BCUT2D eigenvalue weighted by Gasteiger charge is 1.93. The van der Waals surface area contributed by atoms with Gasteiger partial charge in [-0.05, 0) is 0 Å². The van der Waals surface area contributed by atoms with E-state index >= 15 is 0 Å². The third-order valence-corrected chi connectivity index (χ3v) is 0. The van der Waals surface area contributed by atoms with E-state index in [1.54, 1.807) is 0 Å². The van der Waals surface area contributed by atoms with Gasteiger partial charge in [0, 0.05) is 4.57 Å². The molecule has 0 atom stereocenters. The van der Waals surface area contributed by atoms with Crippen LogP contribution in [-0.4, -0.2) is 26.2 Å². The van der Waals surface area contributed by atoms with Crippen molar-refractivity contribution < 1.29 is 30.8 Å². The molecule has 9 nitrogen and oxygen atoms in total. The predicted molar refractivity (Wildman–Crippen MR) is 38.0 cm³/mol. The highest BCUT2D eigenvalue weighted by molar-refractivity contribution is 7.30. The van der Waals surface area contributed by atoms with Crippen LogP contribution in [0.4, 0.5) is 0 Å². The van der Waals surface area contributed by atoms with E-state index in [9.17, 15) is 0 Å². The second-order valence-electron chi connectivity index (χ2n) is 0.253. The zero-order valence-electron chi connectivity index (χ0n) is 5.37. The van der Waals surface area contributed by atoms with Gasteiger partial charge in [0.2, 0.25) is 0 Å². The van der Waals surface area contributed by atoms with E-state index in [-0.39, 0.29) is 34.9 Å². The van der Waals surface area contributed by atoms with Gasteiger partial charge in [0.25, 0.3) is 0 Å².